The van der Waals surface area contributed by atoms with Crippen LogP contribution in [-0.2, 0) is 0 Å². The van der Waals surface area contributed by atoms with Gasteiger partial charge < -0.3 is 4.98 Å². The second kappa shape index (κ2) is 5.17. The van der Waals surface area contributed by atoms with E-state index in [4.69, 9.17) is 12.2 Å². The normalized spacial score (nSPS) is 11.2. The molecule has 1 heterocycles. The van der Waals surface area contributed by atoms with Crippen LogP contribution in [0.4, 0.5) is 0 Å². The van der Waals surface area contributed by atoms with Crippen LogP contribution in [-0.4, -0.2) is 9.97 Å². The molecule has 2 aromatic carbocycles. The van der Waals surface area contributed by atoms with E-state index in [0.29, 0.717) is 10.6 Å². The third-order valence-corrected chi connectivity index (χ3v) is 3.85. The lowest BCUT2D eigenvalue weighted by molar-refractivity contribution is 0.844. The first-order valence-electron chi connectivity index (χ1n) is 6.74. The fraction of sp³-hybridized carbons (Fsp3) is 0.176. The van der Waals surface area contributed by atoms with Crippen molar-refractivity contribution in [1.29, 1.82) is 0 Å². The Morgan fingerprint density at radius 3 is 2.60 bits per heavy atom. The Labute approximate surface area is 123 Å². The van der Waals surface area contributed by atoms with Crippen LogP contribution in [0.1, 0.15) is 25.3 Å². The fourth-order valence-electron chi connectivity index (χ4n) is 2.61. The second-order valence-corrected chi connectivity index (χ2v) is 5.56. The van der Waals surface area contributed by atoms with E-state index in [2.05, 4.69) is 66.3 Å². The highest BCUT2D eigenvalue weighted by molar-refractivity contribution is 7.71. The van der Waals surface area contributed by atoms with E-state index < -0.39 is 0 Å². The SMILES string of the molecule is CC(C)c1c(-c2cccc3ccccc23)[nH]cnc1=S. The molecule has 3 heteroatoms. The fourth-order valence-corrected chi connectivity index (χ4v) is 3.00. The van der Waals surface area contributed by atoms with Gasteiger partial charge in [0.25, 0.3) is 0 Å². The smallest absolute Gasteiger partial charge is 0.133 e. The summed E-state index contributed by atoms with van der Waals surface area (Å²) in [5, 5.41) is 2.46. The van der Waals surface area contributed by atoms with E-state index in [9.17, 15) is 0 Å². The molecule has 0 fully saturated rings. The number of aromatic nitrogens is 2. The maximum Gasteiger partial charge on any atom is 0.133 e. The molecule has 0 aliphatic heterocycles. The van der Waals surface area contributed by atoms with Crippen LogP contribution in [0.5, 0.6) is 0 Å². The zero-order valence-corrected chi connectivity index (χ0v) is 12.4. The predicted molar refractivity (Wildman–Crippen MR) is 86.5 cm³/mol. The van der Waals surface area contributed by atoms with Gasteiger partial charge in [-0.15, -0.1) is 0 Å². The van der Waals surface area contributed by atoms with Gasteiger partial charge in [-0.1, -0.05) is 68.5 Å². The molecule has 0 spiro atoms. The van der Waals surface area contributed by atoms with Crippen LogP contribution in [0, 0.1) is 4.64 Å². The van der Waals surface area contributed by atoms with Crippen molar-refractivity contribution in [2.24, 2.45) is 0 Å². The summed E-state index contributed by atoms with van der Waals surface area (Å²) in [6.45, 7) is 4.30. The molecule has 3 aromatic rings. The van der Waals surface area contributed by atoms with Crippen LogP contribution in [0.25, 0.3) is 22.0 Å². The van der Waals surface area contributed by atoms with Crippen molar-refractivity contribution in [2.45, 2.75) is 19.8 Å². The molecule has 0 aliphatic rings. The van der Waals surface area contributed by atoms with Crippen molar-refractivity contribution in [3.8, 4) is 11.3 Å². The minimum absolute atomic E-state index is 0.335. The lowest BCUT2D eigenvalue weighted by Gasteiger charge is -2.14. The first-order valence-corrected chi connectivity index (χ1v) is 7.15. The third-order valence-electron chi connectivity index (χ3n) is 3.53. The summed E-state index contributed by atoms with van der Waals surface area (Å²) in [7, 11) is 0. The lowest BCUT2D eigenvalue weighted by Crippen LogP contribution is -1.99. The summed E-state index contributed by atoms with van der Waals surface area (Å²) < 4.78 is 0.682. The number of aromatic amines is 1. The molecule has 0 atom stereocenters. The summed E-state index contributed by atoms with van der Waals surface area (Å²) in [4.78, 5) is 7.52. The van der Waals surface area contributed by atoms with Crippen molar-refractivity contribution >= 4 is 23.0 Å². The molecule has 0 unspecified atom stereocenters. The van der Waals surface area contributed by atoms with Gasteiger partial charge in [0.1, 0.15) is 4.64 Å². The van der Waals surface area contributed by atoms with Gasteiger partial charge in [-0.2, -0.15) is 0 Å². The predicted octanol–water partition coefficient (Wildman–Crippen LogP) is 5.08. The molecule has 1 aromatic heterocycles. The van der Waals surface area contributed by atoms with Gasteiger partial charge in [-0.3, -0.25) is 0 Å². The monoisotopic (exact) mass is 280 g/mol. The van der Waals surface area contributed by atoms with Gasteiger partial charge in [-0.05, 0) is 16.7 Å². The first-order chi connectivity index (χ1) is 9.68. The maximum atomic E-state index is 5.41. The Bertz CT molecular complexity index is 813. The van der Waals surface area contributed by atoms with Crippen LogP contribution in [0.3, 0.4) is 0 Å². The molecule has 0 radical (unpaired) electrons. The minimum Gasteiger partial charge on any atom is -0.346 e. The van der Waals surface area contributed by atoms with Gasteiger partial charge in [-0.25, -0.2) is 4.98 Å². The number of hydrogen-bond donors (Lipinski definition) is 1. The molecule has 1 N–H and O–H groups in total. The highest BCUT2D eigenvalue weighted by atomic mass is 32.1. The zero-order chi connectivity index (χ0) is 14.1. The van der Waals surface area contributed by atoms with E-state index in [1.165, 1.54) is 16.3 Å². The summed E-state index contributed by atoms with van der Waals surface area (Å²) in [6.07, 6.45) is 1.69. The largest absolute Gasteiger partial charge is 0.346 e. The van der Waals surface area contributed by atoms with Crippen LogP contribution >= 0.6 is 12.2 Å². The minimum atomic E-state index is 0.335. The van der Waals surface area contributed by atoms with Crippen LogP contribution < -0.4 is 0 Å². The number of rotatable bonds is 2. The molecular weight excluding hydrogens is 264 g/mol. The van der Waals surface area contributed by atoms with E-state index in [-0.39, 0.29) is 0 Å². The van der Waals surface area contributed by atoms with Crippen molar-refractivity contribution in [2.75, 3.05) is 0 Å². The number of benzene rings is 2. The molecule has 0 saturated heterocycles. The van der Waals surface area contributed by atoms with Crippen molar-refractivity contribution in [3.05, 3.63) is 59.0 Å². The Kier molecular flexibility index (Phi) is 3.36. The summed E-state index contributed by atoms with van der Waals surface area (Å²) >= 11 is 5.41. The molecular formula is C17H16N2S. The average molecular weight is 280 g/mol. The maximum absolute atomic E-state index is 5.41. The topological polar surface area (TPSA) is 28.7 Å². The first kappa shape index (κ1) is 13.0. The molecule has 100 valence electrons. The standard InChI is InChI=1S/C17H16N2S/c1-11(2)15-16(18-10-19-17(15)20)14-9-5-7-12-6-3-4-8-13(12)14/h3-11H,1-2H3,(H,18,19,20). The van der Waals surface area contributed by atoms with E-state index in [1.54, 1.807) is 6.33 Å². The third kappa shape index (κ3) is 2.14. The molecule has 0 aliphatic carbocycles. The highest BCUT2D eigenvalue weighted by Gasteiger charge is 2.13. The number of hydrogen-bond acceptors (Lipinski definition) is 2. The Morgan fingerprint density at radius 1 is 1.05 bits per heavy atom. The molecule has 0 saturated carbocycles. The summed E-state index contributed by atoms with van der Waals surface area (Å²) in [5.74, 6) is 0.335. The van der Waals surface area contributed by atoms with Gasteiger partial charge in [0.2, 0.25) is 0 Å². The molecule has 3 rings (SSSR count). The second-order valence-electron chi connectivity index (χ2n) is 5.18. The molecule has 2 nitrogen and oxygen atoms in total. The zero-order valence-electron chi connectivity index (χ0n) is 11.6. The van der Waals surface area contributed by atoms with Crippen LogP contribution in [0.2, 0.25) is 0 Å². The van der Waals surface area contributed by atoms with Gasteiger partial charge in [0.15, 0.2) is 0 Å². The van der Waals surface area contributed by atoms with Gasteiger partial charge in [0.05, 0.1) is 12.0 Å². The average Bonchev–Trinajstić information content (AvgIpc) is 2.46. The Morgan fingerprint density at radius 2 is 1.80 bits per heavy atom. The Hall–Kier alpha value is -2.00. The van der Waals surface area contributed by atoms with Crippen molar-refractivity contribution < 1.29 is 0 Å². The number of H-pyrrole nitrogens is 1. The van der Waals surface area contributed by atoms with Gasteiger partial charge in [0, 0.05) is 11.1 Å². The molecule has 0 amide bonds. The van der Waals surface area contributed by atoms with Gasteiger partial charge >= 0.3 is 0 Å². The van der Waals surface area contributed by atoms with E-state index >= 15 is 0 Å². The van der Waals surface area contributed by atoms with E-state index in [0.717, 1.165) is 11.3 Å². The van der Waals surface area contributed by atoms with Crippen molar-refractivity contribution in [3.63, 3.8) is 0 Å². The summed E-state index contributed by atoms with van der Waals surface area (Å²) in [5.41, 5.74) is 3.37. The number of fused-ring (bicyclic) bond motifs is 1. The Balaban J connectivity index is 2.38. The molecule has 20 heavy (non-hydrogen) atoms. The highest BCUT2D eigenvalue weighted by Crippen LogP contribution is 2.32. The lowest BCUT2D eigenvalue weighted by atomic mass is 9.95. The number of nitrogens with zero attached hydrogens (tertiary/aromatic N) is 1. The van der Waals surface area contributed by atoms with Crippen molar-refractivity contribution in [1.82, 2.24) is 9.97 Å². The van der Waals surface area contributed by atoms with E-state index in [1.807, 2.05) is 0 Å². The quantitative estimate of drug-likeness (QED) is 0.663. The molecule has 0 bridgehead atoms. The van der Waals surface area contributed by atoms with Crippen LogP contribution in [0.15, 0.2) is 48.8 Å². The number of nitrogens with one attached hydrogen (secondary N) is 1. The summed E-state index contributed by atoms with van der Waals surface area (Å²) in [6, 6.07) is 14.7.